The first-order valence-corrected chi connectivity index (χ1v) is 5.22. The van der Waals surface area contributed by atoms with Gasteiger partial charge in [-0.1, -0.05) is 19.8 Å². The maximum Gasteiger partial charge on any atom is 0.320 e. The molecule has 76 valence electrons. The Balaban J connectivity index is 2.41. The third-order valence-electron chi connectivity index (χ3n) is 2.70. The Morgan fingerprint density at radius 1 is 1.54 bits per heavy atom. The van der Waals surface area contributed by atoms with E-state index < -0.39 is 5.97 Å². The third-order valence-corrected chi connectivity index (χ3v) is 2.70. The number of aliphatic carboxylic acids is 1. The normalized spacial score (nSPS) is 24.5. The molecule has 1 heterocycles. The fourth-order valence-electron chi connectivity index (χ4n) is 1.90. The van der Waals surface area contributed by atoms with Crippen molar-refractivity contribution < 1.29 is 9.90 Å². The maximum absolute atomic E-state index is 10.9. The van der Waals surface area contributed by atoms with E-state index in [0.29, 0.717) is 0 Å². The molecule has 1 aliphatic rings. The van der Waals surface area contributed by atoms with Gasteiger partial charge in [0.2, 0.25) is 0 Å². The van der Waals surface area contributed by atoms with Gasteiger partial charge < -0.3 is 5.11 Å². The number of hydrogen-bond donors (Lipinski definition) is 1. The highest BCUT2D eigenvalue weighted by atomic mass is 16.4. The van der Waals surface area contributed by atoms with E-state index in [2.05, 4.69) is 11.8 Å². The number of nitrogens with zero attached hydrogens (tertiary/aromatic N) is 1. The van der Waals surface area contributed by atoms with Crippen LogP contribution in [0.25, 0.3) is 0 Å². The summed E-state index contributed by atoms with van der Waals surface area (Å²) >= 11 is 0. The van der Waals surface area contributed by atoms with Crippen LogP contribution in [0.4, 0.5) is 0 Å². The zero-order valence-corrected chi connectivity index (χ0v) is 8.33. The summed E-state index contributed by atoms with van der Waals surface area (Å²) in [7, 11) is 0. The molecule has 3 nitrogen and oxygen atoms in total. The highest BCUT2D eigenvalue weighted by Gasteiger charge is 2.27. The predicted molar refractivity (Wildman–Crippen MR) is 51.8 cm³/mol. The smallest absolute Gasteiger partial charge is 0.320 e. The summed E-state index contributed by atoms with van der Waals surface area (Å²) < 4.78 is 0. The van der Waals surface area contributed by atoms with E-state index in [-0.39, 0.29) is 6.04 Å². The number of carbonyl (C=O) groups is 1. The van der Waals surface area contributed by atoms with Crippen molar-refractivity contribution in [1.82, 2.24) is 4.90 Å². The molecule has 1 fully saturated rings. The van der Waals surface area contributed by atoms with Crippen LogP contribution < -0.4 is 0 Å². The van der Waals surface area contributed by atoms with Gasteiger partial charge in [0.25, 0.3) is 0 Å². The summed E-state index contributed by atoms with van der Waals surface area (Å²) in [6.45, 7) is 4.06. The molecule has 0 aromatic rings. The molecule has 1 atom stereocenters. The van der Waals surface area contributed by atoms with Gasteiger partial charge in [-0.05, 0) is 32.4 Å². The number of carboxylic acid groups (broad SMARTS) is 1. The minimum Gasteiger partial charge on any atom is -0.480 e. The van der Waals surface area contributed by atoms with Crippen LogP contribution in [0, 0.1) is 0 Å². The summed E-state index contributed by atoms with van der Waals surface area (Å²) in [6.07, 6.45) is 5.32. The minimum atomic E-state index is -0.643. The largest absolute Gasteiger partial charge is 0.480 e. The van der Waals surface area contributed by atoms with Gasteiger partial charge in [0.15, 0.2) is 0 Å². The number of hydrogen-bond acceptors (Lipinski definition) is 2. The second-order valence-corrected chi connectivity index (χ2v) is 3.74. The molecule has 0 spiro atoms. The Hall–Kier alpha value is -0.570. The Labute approximate surface area is 79.7 Å². The summed E-state index contributed by atoms with van der Waals surface area (Å²) in [4.78, 5) is 13.0. The number of likely N-dealkylation sites (tertiary alicyclic amines) is 1. The standard InChI is InChI=1S/C10H19NO2/c1-2-3-7-11-8-5-4-6-9(11)10(12)13/h9H,2-8H2,1H3,(H,12,13). The number of unbranched alkanes of at least 4 members (excludes halogenated alkanes) is 1. The second kappa shape index (κ2) is 5.22. The molecule has 0 bridgehead atoms. The molecular formula is C10H19NO2. The van der Waals surface area contributed by atoms with Gasteiger partial charge in [-0.2, -0.15) is 0 Å². The summed E-state index contributed by atoms with van der Waals surface area (Å²) in [5.41, 5.74) is 0. The first-order chi connectivity index (χ1) is 6.25. The Morgan fingerprint density at radius 2 is 2.31 bits per heavy atom. The zero-order valence-electron chi connectivity index (χ0n) is 8.33. The lowest BCUT2D eigenvalue weighted by molar-refractivity contribution is -0.144. The van der Waals surface area contributed by atoms with Crippen LogP contribution in [0.3, 0.4) is 0 Å². The van der Waals surface area contributed by atoms with Crippen LogP contribution in [-0.2, 0) is 4.79 Å². The molecule has 0 aliphatic carbocycles. The maximum atomic E-state index is 10.9. The molecule has 3 heteroatoms. The fourth-order valence-corrected chi connectivity index (χ4v) is 1.90. The van der Waals surface area contributed by atoms with Gasteiger partial charge in [-0.3, -0.25) is 9.69 Å². The van der Waals surface area contributed by atoms with E-state index >= 15 is 0 Å². The lowest BCUT2D eigenvalue weighted by Crippen LogP contribution is -2.44. The van der Waals surface area contributed by atoms with E-state index in [0.717, 1.165) is 45.2 Å². The van der Waals surface area contributed by atoms with E-state index in [9.17, 15) is 4.79 Å². The van der Waals surface area contributed by atoms with Gasteiger partial charge in [-0.15, -0.1) is 0 Å². The Kier molecular flexibility index (Phi) is 4.22. The molecule has 0 saturated carbocycles. The molecule has 1 saturated heterocycles. The quantitative estimate of drug-likeness (QED) is 0.725. The Morgan fingerprint density at radius 3 is 2.92 bits per heavy atom. The summed E-state index contributed by atoms with van der Waals surface area (Å²) in [6, 6.07) is -0.208. The van der Waals surface area contributed by atoms with E-state index in [1.807, 2.05) is 0 Å². The predicted octanol–water partition coefficient (Wildman–Crippen LogP) is 1.73. The number of rotatable bonds is 4. The Bertz CT molecular complexity index is 170. The van der Waals surface area contributed by atoms with Crippen LogP contribution in [0.2, 0.25) is 0 Å². The first-order valence-electron chi connectivity index (χ1n) is 5.22. The van der Waals surface area contributed by atoms with Crippen molar-refractivity contribution in [2.24, 2.45) is 0 Å². The lowest BCUT2D eigenvalue weighted by Gasteiger charge is -2.32. The molecule has 1 aliphatic heterocycles. The topological polar surface area (TPSA) is 40.5 Å². The zero-order chi connectivity index (χ0) is 9.68. The van der Waals surface area contributed by atoms with Crippen LogP contribution in [-0.4, -0.2) is 35.1 Å². The monoisotopic (exact) mass is 185 g/mol. The van der Waals surface area contributed by atoms with Crippen LogP contribution in [0.5, 0.6) is 0 Å². The second-order valence-electron chi connectivity index (χ2n) is 3.74. The minimum absolute atomic E-state index is 0.208. The van der Waals surface area contributed by atoms with Crippen LogP contribution >= 0.6 is 0 Å². The third kappa shape index (κ3) is 2.99. The number of piperidine rings is 1. The summed E-state index contributed by atoms with van der Waals surface area (Å²) in [5.74, 6) is -0.643. The van der Waals surface area contributed by atoms with E-state index in [1.165, 1.54) is 0 Å². The average molecular weight is 185 g/mol. The van der Waals surface area contributed by atoms with Crippen molar-refractivity contribution in [2.45, 2.75) is 45.1 Å². The van der Waals surface area contributed by atoms with Crippen molar-refractivity contribution in [1.29, 1.82) is 0 Å². The van der Waals surface area contributed by atoms with Crippen molar-refractivity contribution >= 4 is 5.97 Å². The van der Waals surface area contributed by atoms with Crippen molar-refractivity contribution in [3.05, 3.63) is 0 Å². The van der Waals surface area contributed by atoms with E-state index in [1.54, 1.807) is 0 Å². The van der Waals surface area contributed by atoms with Crippen LogP contribution in [0.15, 0.2) is 0 Å². The SMILES string of the molecule is CCCCN1CCCCC1C(=O)O. The van der Waals surface area contributed by atoms with Crippen molar-refractivity contribution in [3.63, 3.8) is 0 Å². The molecule has 0 radical (unpaired) electrons. The molecule has 0 aromatic carbocycles. The van der Waals surface area contributed by atoms with Gasteiger partial charge in [0.05, 0.1) is 0 Å². The first kappa shape index (κ1) is 10.5. The summed E-state index contributed by atoms with van der Waals surface area (Å²) in [5, 5.41) is 8.97. The van der Waals surface area contributed by atoms with Gasteiger partial charge >= 0.3 is 5.97 Å². The molecule has 1 rings (SSSR count). The fraction of sp³-hybridized carbons (Fsp3) is 0.900. The van der Waals surface area contributed by atoms with Gasteiger partial charge in [0, 0.05) is 0 Å². The van der Waals surface area contributed by atoms with Crippen LogP contribution in [0.1, 0.15) is 39.0 Å². The lowest BCUT2D eigenvalue weighted by atomic mass is 10.0. The van der Waals surface area contributed by atoms with Gasteiger partial charge in [-0.25, -0.2) is 0 Å². The van der Waals surface area contributed by atoms with E-state index in [4.69, 9.17) is 5.11 Å². The van der Waals surface area contributed by atoms with Crippen molar-refractivity contribution in [3.8, 4) is 0 Å². The molecule has 1 N–H and O–H groups in total. The molecule has 1 unspecified atom stereocenters. The van der Waals surface area contributed by atoms with Gasteiger partial charge in [0.1, 0.15) is 6.04 Å². The molecular weight excluding hydrogens is 166 g/mol. The molecule has 0 amide bonds. The van der Waals surface area contributed by atoms with Crippen molar-refractivity contribution in [2.75, 3.05) is 13.1 Å². The molecule has 0 aromatic heterocycles. The highest BCUT2D eigenvalue weighted by molar-refractivity contribution is 5.73. The highest BCUT2D eigenvalue weighted by Crippen LogP contribution is 2.17. The molecule has 13 heavy (non-hydrogen) atoms. The average Bonchev–Trinajstić information content (AvgIpc) is 2.15. The number of carboxylic acids is 1.